The van der Waals surface area contributed by atoms with Crippen LogP contribution in [0.5, 0.6) is 5.75 Å². The summed E-state index contributed by atoms with van der Waals surface area (Å²) in [4.78, 5) is 24.9. The minimum Gasteiger partial charge on any atom is -0.496 e. The predicted molar refractivity (Wildman–Crippen MR) is 81.9 cm³/mol. The molecule has 0 radical (unpaired) electrons. The summed E-state index contributed by atoms with van der Waals surface area (Å²) < 4.78 is 5.52. The molecule has 1 aromatic carbocycles. The molecule has 1 saturated heterocycles. The lowest BCUT2D eigenvalue weighted by atomic mass is 9.84. The van der Waals surface area contributed by atoms with E-state index in [9.17, 15) is 9.59 Å². The second-order valence-electron chi connectivity index (χ2n) is 6.35. The molecule has 0 atom stereocenters. The van der Waals surface area contributed by atoms with Gasteiger partial charge in [-0.05, 0) is 30.0 Å². The molecule has 0 spiro atoms. The minimum absolute atomic E-state index is 0.103. The number of nitrogens with one attached hydrogen (secondary N) is 1. The van der Waals surface area contributed by atoms with Crippen molar-refractivity contribution in [3.05, 3.63) is 23.3 Å². The van der Waals surface area contributed by atoms with Gasteiger partial charge in [-0.15, -0.1) is 0 Å². The fourth-order valence-corrected chi connectivity index (χ4v) is 2.55. The van der Waals surface area contributed by atoms with Crippen LogP contribution in [-0.4, -0.2) is 25.6 Å². The molecule has 0 saturated carbocycles. The Kier molecular flexibility index (Phi) is 3.94. The van der Waals surface area contributed by atoms with E-state index < -0.39 is 0 Å². The maximum absolute atomic E-state index is 12.0. The van der Waals surface area contributed by atoms with Crippen LogP contribution in [-0.2, 0) is 10.2 Å². The van der Waals surface area contributed by atoms with Crippen LogP contribution in [0.1, 0.15) is 38.3 Å². The number of anilines is 1. The average Bonchev–Trinajstić information content (AvgIpc) is 2.36. The highest BCUT2D eigenvalue weighted by molar-refractivity contribution is 6.05. The van der Waals surface area contributed by atoms with Gasteiger partial charge in [0.15, 0.2) is 0 Å². The summed E-state index contributed by atoms with van der Waals surface area (Å²) in [5.41, 5.74) is 2.71. The number of hydrogen-bond donors (Lipinski definition) is 1. The summed E-state index contributed by atoms with van der Waals surface area (Å²) in [5, 5.41) is 2.35. The smallest absolute Gasteiger partial charge is 0.328 e. The van der Waals surface area contributed by atoms with Gasteiger partial charge >= 0.3 is 6.03 Å². The normalized spacial score (nSPS) is 16.0. The van der Waals surface area contributed by atoms with Crippen LogP contribution < -0.4 is 15.0 Å². The Labute approximate surface area is 125 Å². The Morgan fingerprint density at radius 3 is 2.43 bits per heavy atom. The van der Waals surface area contributed by atoms with Gasteiger partial charge in [0.2, 0.25) is 5.91 Å². The molecule has 0 unspecified atom stereocenters. The van der Waals surface area contributed by atoms with E-state index in [2.05, 4.69) is 26.1 Å². The molecule has 3 amide bonds. The van der Waals surface area contributed by atoms with Gasteiger partial charge in [-0.3, -0.25) is 15.0 Å². The molecule has 1 N–H and O–H groups in total. The number of rotatable bonds is 2. The zero-order valence-corrected chi connectivity index (χ0v) is 13.2. The number of hydrogen-bond acceptors (Lipinski definition) is 3. The molecule has 1 fully saturated rings. The molecule has 1 aliphatic heterocycles. The number of carbonyl (C=O) groups excluding carboxylic acids is 2. The van der Waals surface area contributed by atoms with E-state index in [-0.39, 0.29) is 17.4 Å². The number of imide groups is 1. The zero-order valence-electron chi connectivity index (χ0n) is 13.2. The largest absolute Gasteiger partial charge is 0.496 e. The molecule has 21 heavy (non-hydrogen) atoms. The van der Waals surface area contributed by atoms with Crippen LogP contribution in [0.25, 0.3) is 0 Å². The van der Waals surface area contributed by atoms with Crippen molar-refractivity contribution in [1.29, 1.82) is 0 Å². The lowest BCUT2D eigenvalue weighted by molar-refractivity contribution is -0.120. The van der Waals surface area contributed by atoms with E-state index in [0.717, 1.165) is 22.6 Å². The first kappa shape index (κ1) is 15.4. The number of benzene rings is 1. The Morgan fingerprint density at radius 1 is 1.24 bits per heavy atom. The van der Waals surface area contributed by atoms with Crippen LogP contribution in [0, 0.1) is 6.92 Å². The number of aryl methyl sites for hydroxylation is 1. The summed E-state index contributed by atoms with van der Waals surface area (Å²) in [6.07, 6.45) is 0.321. The first-order valence-electron chi connectivity index (χ1n) is 7.04. The second kappa shape index (κ2) is 5.39. The third kappa shape index (κ3) is 3.01. The summed E-state index contributed by atoms with van der Waals surface area (Å²) in [6, 6.07) is 3.53. The van der Waals surface area contributed by atoms with Crippen molar-refractivity contribution in [2.24, 2.45) is 0 Å². The fourth-order valence-electron chi connectivity index (χ4n) is 2.55. The number of methoxy groups -OCH3 is 1. The molecule has 1 heterocycles. The molecule has 0 aliphatic carbocycles. The van der Waals surface area contributed by atoms with Crippen molar-refractivity contribution >= 4 is 17.6 Å². The Balaban J connectivity index is 2.49. The van der Waals surface area contributed by atoms with Crippen LogP contribution in [0.2, 0.25) is 0 Å². The summed E-state index contributed by atoms with van der Waals surface area (Å²) >= 11 is 0. The van der Waals surface area contributed by atoms with Crippen LogP contribution >= 0.6 is 0 Å². The molecule has 1 aliphatic rings. The standard InChI is InChI=1S/C16H22N2O3/c1-10-8-11(18-7-6-13(19)17-15(18)20)9-12(14(10)21-5)16(2,3)4/h8-9H,6-7H2,1-5H3,(H,17,19,20). The maximum Gasteiger partial charge on any atom is 0.328 e. The molecule has 2 rings (SSSR count). The van der Waals surface area contributed by atoms with Crippen molar-refractivity contribution < 1.29 is 14.3 Å². The topological polar surface area (TPSA) is 58.6 Å². The second-order valence-corrected chi connectivity index (χ2v) is 6.35. The number of urea groups is 1. The molecule has 0 bridgehead atoms. The fraction of sp³-hybridized carbons (Fsp3) is 0.500. The number of nitrogens with zero attached hydrogens (tertiary/aromatic N) is 1. The summed E-state index contributed by atoms with van der Waals surface area (Å²) in [6.45, 7) is 8.68. The average molecular weight is 290 g/mol. The van der Waals surface area contributed by atoms with Crippen molar-refractivity contribution in [3.8, 4) is 5.75 Å². The van der Waals surface area contributed by atoms with E-state index in [1.807, 2.05) is 19.1 Å². The van der Waals surface area contributed by atoms with Gasteiger partial charge in [0.1, 0.15) is 5.75 Å². The van der Waals surface area contributed by atoms with Gasteiger partial charge in [-0.1, -0.05) is 20.8 Å². The van der Waals surface area contributed by atoms with E-state index in [4.69, 9.17) is 4.74 Å². The van der Waals surface area contributed by atoms with Gasteiger partial charge in [0.25, 0.3) is 0 Å². The minimum atomic E-state index is -0.365. The van der Waals surface area contributed by atoms with Gasteiger partial charge in [0, 0.05) is 24.2 Å². The predicted octanol–water partition coefficient (Wildman–Crippen LogP) is 2.75. The Hall–Kier alpha value is -2.04. The molecule has 0 aromatic heterocycles. The van der Waals surface area contributed by atoms with Gasteiger partial charge < -0.3 is 4.74 Å². The van der Waals surface area contributed by atoms with Crippen molar-refractivity contribution in [3.63, 3.8) is 0 Å². The van der Waals surface area contributed by atoms with Crippen LogP contribution in [0.3, 0.4) is 0 Å². The highest BCUT2D eigenvalue weighted by Gasteiger charge is 2.27. The first-order chi connectivity index (χ1) is 9.74. The molecule has 5 nitrogen and oxygen atoms in total. The maximum atomic E-state index is 12.0. The highest BCUT2D eigenvalue weighted by atomic mass is 16.5. The lowest BCUT2D eigenvalue weighted by Crippen LogP contribution is -2.49. The quantitative estimate of drug-likeness (QED) is 0.911. The van der Waals surface area contributed by atoms with E-state index >= 15 is 0 Å². The number of amides is 3. The lowest BCUT2D eigenvalue weighted by Gasteiger charge is -2.30. The van der Waals surface area contributed by atoms with Gasteiger partial charge in [0.05, 0.1) is 7.11 Å². The SMILES string of the molecule is COc1c(C)cc(N2CCC(=O)NC2=O)cc1C(C)(C)C. The number of ether oxygens (including phenoxy) is 1. The molecule has 1 aromatic rings. The van der Waals surface area contributed by atoms with Crippen LogP contribution in [0.15, 0.2) is 12.1 Å². The van der Waals surface area contributed by atoms with Gasteiger partial charge in [-0.25, -0.2) is 4.79 Å². The first-order valence-corrected chi connectivity index (χ1v) is 7.04. The van der Waals surface area contributed by atoms with Gasteiger partial charge in [-0.2, -0.15) is 0 Å². The van der Waals surface area contributed by atoms with E-state index in [0.29, 0.717) is 13.0 Å². The molecular formula is C16H22N2O3. The molecular weight excluding hydrogens is 268 g/mol. The zero-order chi connectivity index (χ0) is 15.8. The molecule has 5 heteroatoms. The Bertz CT molecular complexity index is 588. The Morgan fingerprint density at radius 2 is 1.90 bits per heavy atom. The number of carbonyl (C=O) groups is 2. The third-order valence-electron chi connectivity index (χ3n) is 3.64. The van der Waals surface area contributed by atoms with Crippen molar-refractivity contribution in [1.82, 2.24) is 5.32 Å². The van der Waals surface area contributed by atoms with Crippen molar-refractivity contribution in [2.45, 2.75) is 39.5 Å². The van der Waals surface area contributed by atoms with Crippen molar-refractivity contribution in [2.75, 3.05) is 18.6 Å². The van der Waals surface area contributed by atoms with E-state index in [1.165, 1.54) is 0 Å². The summed E-state index contributed by atoms with van der Waals surface area (Å²) in [7, 11) is 1.66. The highest BCUT2D eigenvalue weighted by Crippen LogP contribution is 2.37. The third-order valence-corrected chi connectivity index (χ3v) is 3.64. The summed E-state index contributed by atoms with van der Waals surface area (Å²) in [5.74, 6) is 0.622. The molecule has 114 valence electrons. The monoisotopic (exact) mass is 290 g/mol. The van der Waals surface area contributed by atoms with E-state index in [1.54, 1.807) is 12.0 Å². The van der Waals surface area contributed by atoms with Crippen LogP contribution in [0.4, 0.5) is 10.5 Å².